The number of benzene rings is 1. The molecule has 1 unspecified atom stereocenters. The molecule has 0 heterocycles. The monoisotopic (exact) mass is 300 g/mol. The zero-order valence-electron chi connectivity index (χ0n) is 11.6. The summed E-state index contributed by atoms with van der Waals surface area (Å²) in [6.45, 7) is -1.13. The average Bonchev–Trinajstić information content (AvgIpc) is 3.26. The number of carbonyl (C=O) groups is 1. The first-order valence-electron chi connectivity index (χ1n) is 7.02. The van der Waals surface area contributed by atoms with Crippen molar-refractivity contribution in [2.24, 2.45) is 11.7 Å². The smallest absolute Gasteiger partial charge is 0.330 e. The third kappa shape index (κ3) is 4.74. The fourth-order valence-corrected chi connectivity index (χ4v) is 2.37. The molecule has 0 radical (unpaired) electrons. The van der Waals surface area contributed by atoms with Crippen LogP contribution in [0.25, 0.3) is 0 Å². The van der Waals surface area contributed by atoms with Gasteiger partial charge in [0.05, 0.1) is 5.92 Å². The number of nitrogens with zero attached hydrogens (tertiary/aromatic N) is 1. The maximum Gasteiger partial charge on any atom is 0.406 e. The van der Waals surface area contributed by atoms with Crippen LogP contribution in [-0.4, -0.2) is 36.1 Å². The molecule has 0 aromatic heterocycles. The first kappa shape index (κ1) is 15.8. The standard InChI is InChI=1S/C15H19F3N2O/c16-15(17,18)10-20(13-6-7-13)14(21)12(9-19)8-11-4-2-1-3-5-11/h1-5,12-13H,6-10,19H2. The Balaban J connectivity index is 2.06. The van der Waals surface area contributed by atoms with Gasteiger partial charge in [-0.15, -0.1) is 0 Å². The first-order valence-corrected chi connectivity index (χ1v) is 7.02. The molecule has 1 atom stereocenters. The molecular weight excluding hydrogens is 281 g/mol. The number of hydrogen-bond acceptors (Lipinski definition) is 2. The highest BCUT2D eigenvalue weighted by molar-refractivity contribution is 5.80. The van der Waals surface area contributed by atoms with Crippen LogP contribution in [-0.2, 0) is 11.2 Å². The molecule has 1 saturated carbocycles. The summed E-state index contributed by atoms with van der Waals surface area (Å²) in [6.07, 6.45) is -2.71. The van der Waals surface area contributed by atoms with Crippen LogP contribution < -0.4 is 5.73 Å². The molecule has 1 aromatic carbocycles. The Hall–Kier alpha value is -1.56. The van der Waals surface area contributed by atoms with Crippen molar-refractivity contribution >= 4 is 5.91 Å². The van der Waals surface area contributed by atoms with Gasteiger partial charge in [0.25, 0.3) is 0 Å². The zero-order chi connectivity index (χ0) is 15.5. The largest absolute Gasteiger partial charge is 0.406 e. The summed E-state index contributed by atoms with van der Waals surface area (Å²) in [5.41, 5.74) is 6.52. The minimum Gasteiger partial charge on any atom is -0.330 e. The molecule has 116 valence electrons. The van der Waals surface area contributed by atoms with Crippen molar-refractivity contribution in [1.29, 1.82) is 0 Å². The van der Waals surface area contributed by atoms with Gasteiger partial charge in [-0.05, 0) is 24.8 Å². The lowest BCUT2D eigenvalue weighted by atomic mass is 9.98. The van der Waals surface area contributed by atoms with Gasteiger partial charge < -0.3 is 10.6 Å². The van der Waals surface area contributed by atoms with E-state index in [2.05, 4.69) is 0 Å². The summed E-state index contributed by atoms with van der Waals surface area (Å²) in [4.78, 5) is 13.3. The van der Waals surface area contributed by atoms with E-state index in [1.165, 1.54) is 0 Å². The molecule has 1 aliphatic rings. The van der Waals surface area contributed by atoms with E-state index in [0.29, 0.717) is 19.3 Å². The van der Waals surface area contributed by atoms with Crippen molar-refractivity contribution < 1.29 is 18.0 Å². The van der Waals surface area contributed by atoms with Crippen LogP contribution in [0.15, 0.2) is 30.3 Å². The fourth-order valence-electron chi connectivity index (χ4n) is 2.37. The minimum absolute atomic E-state index is 0.0504. The number of hydrogen-bond donors (Lipinski definition) is 1. The summed E-state index contributed by atoms with van der Waals surface area (Å²) in [7, 11) is 0. The molecule has 2 N–H and O–H groups in total. The summed E-state index contributed by atoms with van der Waals surface area (Å²) >= 11 is 0. The third-order valence-corrected chi connectivity index (χ3v) is 3.58. The van der Waals surface area contributed by atoms with E-state index in [1.54, 1.807) is 0 Å². The Labute approximate surface area is 121 Å². The first-order chi connectivity index (χ1) is 9.90. The summed E-state index contributed by atoms with van der Waals surface area (Å²) in [5, 5.41) is 0. The molecule has 3 nitrogen and oxygen atoms in total. The van der Waals surface area contributed by atoms with Crippen LogP contribution in [0, 0.1) is 5.92 Å². The number of amides is 1. The predicted octanol–water partition coefficient (Wildman–Crippen LogP) is 2.36. The van der Waals surface area contributed by atoms with Crippen LogP contribution in [0.5, 0.6) is 0 Å². The van der Waals surface area contributed by atoms with Crippen LogP contribution in [0.3, 0.4) is 0 Å². The lowest BCUT2D eigenvalue weighted by molar-refractivity contribution is -0.164. The molecule has 6 heteroatoms. The number of alkyl halides is 3. The second-order valence-electron chi connectivity index (χ2n) is 5.43. The topological polar surface area (TPSA) is 46.3 Å². The second-order valence-corrected chi connectivity index (χ2v) is 5.43. The predicted molar refractivity (Wildman–Crippen MR) is 73.5 cm³/mol. The number of nitrogens with two attached hydrogens (primary N) is 1. The maximum atomic E-state index is 12.6. The van der Waals surface area contributed by atoms with Gasteiger partial charge in [0.15, 0.2) is 0 Å². The van der Waals surface area contributed by atoms with Gasteiger partial charge in [-0.2, -0.15) is 13.2 Å². The van der Waals surface area contributed by atoms with E-state index >= 15 is 0 Å². The van der Waals surface area contributed by atoms with Crippen molar-refractivity contribution in [3.8, 4) is 0 Å². The molecule has 2 rings (SSSR count). The highest BCUT2D eigenvalue weighted by Gasteiger charge is 2.42. The SMILES string of the molecule is NCC(Cc1ccccc1)C(=O)N(CC(F)(F)F)C1CC1. The molecule has 0 bridgehead atoms. The lowest BCUT2D eigenvalue weighted by Gasteiger charge is -2.27. The van der Waals surface area contributed by atoms with Crippen molar-refractivity contribution in [3.63, 3.8) is 0 Å². The maximum absolute atomic E-state index is 12.6. The van der Waals surface area contributed by atoms with Crippen molar-refractivity contribution in [2.45, 2.75) is 31.5 Å². The van der Waals surface area contributed by atoms with Gasteiger partial charge in [0.2, 0.25) is 5.91 Å². The average molecular weight is 300 g/mol. The lowest BCUT2D eigenvalue weighted by Crippen LogP contribution is -2.45. The van der Waals surface area contributed by atoms with E-state index in [4.69, 9.17) is 5.73 Å². The van der Waals surface area contributed by atoms with Gasteiger partial charge in [-0.1, -0.05) is 30.3 Å². The van der Waals surface area contributed by atoms with E-state index in [9.17, 15) is 18.0 Å². The molecule has 1 fully saturated rings. The van der Waals surface area contributed by atoms with Gasteiger partial charge in [-0.3, -0.25) is 4.79 Å². The Bertz CT molecular complexity index is 472. The Morgan fingerprint density at radius 2 is 1.90 bits per heavy atom. The molecule has 0 aliphatic heterocycles. The van der Waals surface area contributed by atoms with E-state index in [-0.39, 0.29) is 12.6 Å². The number of carbonyl (C=O) groups excluding carboxylic acids is 1. The quantitative estimate of drug-likeness (QED) is 0.876. The van der Waals surface area contributed by atoms with Gasteiger partial charge in [0.1, 0.15) is 6.54 Å². The van der Waals surface area contributed by atoms with Gasteiger partial charge in [0, 0.05) is 12.6 Å². The molecule has 0 spiro atoms. The molecular formula is C15H19F3N2O. The van der Waals surface area contributed by atoms with Crippen molar-refractivity contribution in [1.82, 2.24) is 4.90 Å². The number of halogens is 3. The summed E-state index contributed by atoms with van der Waals surface area (Å²) in [6, 6.07) is 8.94. The third-order valence-electron chi connectivity index (χ3n) is 3.58. The molecule has 1 amide bonds. The van der Waals surface area contributed by atoms with Crippen LogP contribution >= 0.6 is 0 Å². The Morgan fingerprint density at radius 3 is 2.38 bits per heavy atom. The minimum atomic E-state index is -4.37. The fraction of sp³-hybridized carbons (Fsp3) is 0.533. The van der Waals surface area contributed by atoms with Crippen molar-refractivity contribution in [2.75, 3.05) is 13.1 Å². The van der Waals surface area contributed by atoms with Gasteiger partial charge >= 0.3 is 6.18 Å². The van der Waals surface area contributed by atoms with Crippen molar-refractivity contribution in [3.05, 3.63) is 35.9 Å². The van der Waals surface area contributed by atoms with E-state index in [0.717, 1.165) is 10.5 Å². The normalized spacial score (nSPS) is 16.6. The molecule has 0 saturated heterocycles. The van der Waals surface area contributed by atoms with E-state index in [1.807, 2.05) is 30.3 Å². The van der Waals surface area contributed by atoms with Gasteiger partial charge in [-0.25, -0.2) is 0 Å². The highest BCUT2D eigenvalue weighted by Crippen LogP contribution is 2.31. The molecule has 21 heavy (non-hydrogen) atoms. The molecule has 1 aliphatic carbocycles. The summed E-state index contributed by atoms with van der Waals surface area (Å²) < 4.78 is 37.9. The van der Waals surface area contributed by atoms with Crippen LogP contribution in [0.2, 0.25) is 0 Å². The highest BCUT2D eigenvalue weighted by atomic mass is 19.4. The molecule has 1 aromatic rings. The van der Waals surface area contributed by atoms with Crippen LogP contribution in [0.4, 0.5) is 13.2 Å². The Morgan fingerprint density at radius 1 is 1.29 bits per heavy atom. The second kappa shape index (κ2) is 6.47. The zero-order valence-corrected chi connectivity index (χ0v) is 11.6. The number of rotatable bonds is 6. The van der Waals surface area contributed by atoms with E-state index < -0.39 is 24.5 Å². The Kier molecular flexibility index (Phi) is 4.88. The summed E-state index contributed by atoms with van der Waals surface area (Å²) in [5.74, 6) is -1.09. The van der Waals surface area contributed by atoms with Crippen LogP contribution in [0.1, 0.15) is 18.4 Å².